The Labute approximate surface area is 86.0 Å². The molecule has 0 aromatic heterocycles. The molecule has 1 aliphatic rings. The van der Waals surface area contributed by atoms with Gasteiger partial charge in [0.25, 0.3) is 0 Å². The normalized spacial score (nSPS) is 34.9. The molecule has 1 fully saturated rings. The van der Waals surface area contributed by atoms with Crippen LogP contribution in [-0.4, -0.2) is 25.0 Å². The molecule has 3 heteroatoms. The lowest BCUT2D eigenvalue weighted by atomic mass is 9.74. The molecular weight excluding hydrogens is 178 g/mol. The number of ether oxygens (including phenoxy) is 1. The number of rotatable bonds is 3. The van der Waals surface area contributed by atoms with Crippen LogP contribution < -0.4 is 5.73 Å². The molecule has 0 aromatic rings. The maximum absolute atomic E-state index is 12.2. The van der Waals surface area contributed by atoms with Crippen LogP contribution in [0, 0.1) is 17.3 Å². The number of Topliss-reactive ketones (excluding diaryl/α,β-unsaturated/α-hetero) is 1. The second-order valence-electron chi connectivity index (χ2n) is 4.94. The van der Waals surface area contributed by atoms with E-state index in [0.717, 1.165) is 0 Å². The van der Waals surface area contributed by atoms with Crippen molar-refractivity contribution < 1.29 is 9.53 Å². The Morgan fingerprint density at radius 2 is 2.07 bits per heavy atom. The van der Waals surface area contributed by atoms with Gasteiger partial charge in [0.2, 0.25) is 0 Å². The molecule has 0 bridgehead atoms. The summed E-state index contributed by atoms with van der Waals surface area (Å²) in [6, 6.07) is -0.142. The Kier molecular flexibility index (Phi) is 3.32. The Bertz CT molecular complexity index is 227. The van der Waals surface area contributed by atoms with E-state index in [0.29, 0.717) is 19.1 Å². The SMILES string of the molecule is CC(C)C(C)C(=O)C1(C)COCC1N. The first-order valence-electron chi connectivity index (χ1n) is 5.27. The first-order valence-corrected chi connectivity index (χ1v) is 5.27. The van der Waals surface area contributed by atoms with Crippen molar-refractivity contribution in [1.29, 1.82) is 0 Å². The molecule has 3 unspecified atom stereocenters. The van der Waals surface area contributed by atoms with E-state index < -0.39 is 5.41 Å². The van der Waals surface area contributed by atoms with Crippen molar-refractivity contribution in [2.24, 2.45) is 23.0 Å². The summed E-state index contributed by atoms with van der Waals surface area (Å²) in [7, 11) is 0. The zero-order chi connectivity index (χ0) is 10.9. The zero-order valence-corrected chi connectivity index (χ0v) is 9.54. The fraction of sp³-hybridized carbons (Fsp3) is 0.909. The van der Waals surface area contributed by atoms with Gasteiger partial charge in [0.15, 0.2) is 0 Å². The van der Waals surface area contributed by atoms with Crippen molar-refractivity contribution in [2.45, 2.75) is 33.7 Å². The molecule has 1 aliphatic heterocycles. The van der Waals surface area contributed by atoms with Gasteiger partial charge in [0.05, 0.1) is 18.6 Å². The Balaban J connectivity index is 2.77. The molecule has 14 heavy (non-hydrogen) atoms. The van der Waals surface area contributed by atoms with Gasteiger partial charge in [-0.05, 0) is 12.8 Å². The van der Waals surface area contributed by atoms with Crippen LogP contribution in [-0.2, 0) is 9.53 Å². The highest BCUT2D eigenvalue weighted by Crippen LogP contribution is 2.32. The molecule has 82 valence electrons. The van der Waals surface area contributed by atoms with Crippen molar-refractivity contribution in [3.8, 4) is 0 Å². The largest absolute Gasteiger partial charge is 0.379 e. The lowest BCUT2D eigenvalue weighted by Gasteiger charge is -2.29. The van der Waals surface area contributed by atoms with Gasteiger partial charge in [-0.3, -0.25) is 4.79 Å². The number of hydrogen-bond donors (Lipinski definition) is 1. The van der Waals surface area contributed by atoms with Crippen LogP contribution in [0.3, 0.4) is 0 Å². The summed E-state index contributed by atoms with van der Waals surface area (Å²) in [6.07, 6.45) is 0. The lowest BCUT2D eigenvalue weighted by molar-refractivity contribution is -0.133. The maximum Gasteiger partial charge on any atom is 0.145 e. The quantitative estimate of drug-likeness (QED) is 0.743. The summed E-state index contributed by atoms with van der Waals surface area (Å²) in [4.78, 5) is 12.2. The molecule has 0 saturated carbocycles. The van der Waals surface area contributed by atoms with Crippen molar-refractivity contribution >= 4 is 5.78 Å². The van der Waals surface area contributed by atoms with Crippen LogP contribution in [0.15, 0.2) is 0 Å². The first-order chi connectivity index (χ1) is 6.39. The summed E-state index contributed by atoms with van der Waals surface area (Å²) in [5, 5.41) is 0. The molecule has 1 rings (SSSR count). The fourth-order valence-electron chi connectivity index (χ4n) is 1.77. The summed E-state index contributed by atoms with van der Waals surface area (Å²) in [5.74, 6) is 0.678. The second kappa shape index (κ2) is 3.99. The zero-order valence-electron chi connectivity index (χ0n) is 9.54. The lowest BCUT2D eigenvalue weighted by Crippen LogP contribution is -2.47. The van der Waals surface area contributed by atoms with Crippen LogP contribution in [0.1, 0.15) is 27.7 Å². The van der Waals surface area contributed by atoms with Gasteiger partial charge in [0.1, 0.15) is 5.78 Å². The third-order valence-corrected chi connectivity index (χ3v) is 3.49. The molecule has 1 saturated heterocycles. The Morgan fingerprint density at radius 1 is 1.50 bits per heavy atom. The molecule has 3 atom stereocenters. The third-order valence-electron chi connectivity index (χ3n) is 3.49. The highest BCUT2D eigenvalue weighted by atomic mass is 16.5. The van der Waals surface area contributed by atoms with Gasteiger partial charge in [-0.2, -0.15) is 0 Å². The monoisotopic (exact) mass is 199 g/mol. The van der Waals surface area contributed by atoms with Crippen LogP contribution >= 0.6 is 0 Å². The Morgan fingerprint density at radius 3 is 2.43 bits per heavy atom. The molecule has 0 aliphatic carbocycles. The third kappa shape index (κ3) is 1.84. The maximum atomic E-state index is 12.2. The molecular formula is C11H21NO2. The standard InChI is InChI=1S/C11H21NO2/c1-7(2)8(3)10(13)11(4)6-14-5-9(11)12/h7-9H,5-6,12H2,1-4H3. The second-order valence-corrected chi connectivity index (χ2v) is 4.94. The van der Waals surface area contributed by atoms with Gasteiger partial charge in [0, 0.05) is 12.0 Å². The van der Waals surface area contributed by atoms with Crippen LogP contribution in [0.4, 0.5) is 0 Å². The van der Waals surface area contributed by atoms with E-state index >= 15 is 0 Å². The Hall–Kier alpha value is -0.410. The molecule has 0 spiro atoms. The number of carbonyl (C=O) groups is 1. The minimum atomic E-state index is -0.469. The van der Waals surface area contributed by atoms with E-state index in [9.17, 15) is 4.79 Å². The minimum Gasteiger partial charge on any atom is -0.379 e. The highest BCUT2D eigenvalue weighted by Gasteiger charge is 2.45. The van der Waals surface area contributed by atoms with E-state index in [1.165, 1.54) is 0 Å². The minimum absolute atomic E-state index is 0.0627. The van der Waals surface area contributed by atoms with E-state index in [1.54, 1.807) is 0 Å². The smallest absolute Gasteiger partial charge is 0.145 e. The van der Waals surface area contributed by atoms with E-state index in [4.69, 9.17) is 10.5 Å². The van der Waals surface area contributed by atoms with Gasteiger partial charge in [-0.25, -0.2) is 0 Å². The number of ketones is 1. The van der Waals surface area contributed by atoms with Crippen molar-refractivity contribution in [1.82, 2.24) is 0 Å². The van der Waals surface area contributed by atoms with E-state index in [1.807, 2.05) is 13.8 Å². The van der Waals surface area contributed by atoms with Crippen LogP contribution in [0.25, 0.3) is 0 Å². The average molecular weight is 199 g/mol. The summed E-state index contributed by atoms with van der Waals surface area (Å²) >= 11 is 0. The molecule has 0 aromatic carbocycles. The fourth-order valence-corrected chi connectivity index (χ4v) is 1.77. The number of hydrogen-bond acceptors (Lipinski definition) is 3. The van der Waals surface area contributed by atoms with Crippen molar-refractivity contribution in [3.05, 3.63) is 0 Å². The van der Waals surface area contributed by atoms with Gasteiger partial charge < -0.3 is 10.5 Å². The van der Waals surface area contributed by atoms with Crippen LogP contribution in [0.2, 0.25) is 0 Å². The summed E-state index contributed by atoms with van der Waals surface area (Å²) < 4.78 is 5.28. The summed E-state index contributed by atoms with van der Waals surface area (Å²) in [5.41, 5.74) is 5.44. The van der Waals surface area contributed by atoms with E-state index in [-0.39, 0.29) is 17.7 Å². The van der Waals surface area contributed by atoms with Crippen molar-refractivity contribution in [2.75, 3.05) is 13.2 Å². The summed E-state index contributed by atoms with van der Waals surface area (Å²) in [6.45, 7) is 9.01. The highest BCUT2D eigenvalue weighted by molar-refractivity contribution is 5.87. The number of nitrogens with two attached hydrogens (primary N) is 1. The molecule has 1 heterocycles. The number of carbonyl (C=O) groups excluding carboxylic acids is 1. The van der Waals surface area contributed by atoms with Crippen molar-refractivity contribution in [3.63, 3.8) is 0 Å². The average Bonchev–Trinajstić information content (AvgIpc) is 2.46. The first kappa shape index (κ1) is 11.7. The topological polar surface area (TPSA) is 52.3 Å². The van der Waals surface area contributed by atoms with Gasteiger partial charge in [-0.1, -0.05) is 20.8 Å². The van der Waals surface area contributed by atoms with Gasteiger partial charge in [-0.15, -0.1) is 0 Å². The molecule has 0 amide bonds. The van der Waals surface area contributed by atoms with Crippen LogP contribution in [0.5, 0.6) is 0 Å². The molecule has 2 N–H and O–H groups in total. The predicted molar refractivity (Wildman–Crippen MR) is 55.9 cm³/mol. The predicted octanol–water partition coefficient (Wildman–Crippen LogP) is 1.21. The molecule has 3 nitrogen and oxygen atoms in total. The molecule has 0 radical (unpaired) electrons. The van der Waals surface area contributed by atoms with E-state index in [2.05, 4.69) is 13.8 Å². The van der Waals surface area contributed by atoms with Gasteiger partial charge >= 0.3 is 0 Å².